The Balaban J connectivity index is 2.22. The first-order chi connectivity index (χ1) is 10.2. The van der Waals surface area contributed by atoms with Gasteiger partial charge in [0.15, 0.2) is 5.82 Å². The third-order valence-corrected chi connectivity index (χ3v) is 3.39. The lowest BCUT2D eigenvalue weighted by Crippen LogP contribution is -2.10. The summed E-state index contributed by atoms with van der Waals surface area (Å²) in [6.45, 7) is 4.37. The first-order valence-electron chi connectivity index (χ1n) is 6.83. The largest absolute Gasteiger partial charge is 0.489 e. The molecule has 0 spiro atoms. The fourth-order valence-electron chi connectivity index (χ4n) is 1.93. The monoisotopic (exact) mass is 288 g/mol. The molecule has 0 aliphatic heterocycles. The summed E-state index contributed by atoms with van der Waals surface area (Å²) in [5.74, 6) is 7.65. The lowest BCUT2D eigenvalue weighted by molar-refractivity contribution is 0.369. The van der Waals surface area contributed by atoms with Crippen molar-refractivity contribution in [3.63, 3.8) is 0 Å². The van der Waals surface area contributed by atoms with Crippen LogP contribution in [0, 0.1) is 0 Å². The molecule has 0 amide bonds. The van der Waals surface area contributed by atoms with Crippen molar-refractivity contribution < 1.29 is 9.47 Å². The zero-order chi connectivity index (χ0) is 15.2. The van der Waals surface area contributed by atoms with Crippen LogP contribution in [-0.2, 0) is 0 Å². The van der Waals surface area contributed by atoms with E-state index in [4.69, 9.17) is 15.3 Å². The van der Waals surface area contributed by atoms with Gasteiger partial charge in [-0.25, -0.2) is 10.8 Å². The minimum Gasteiger partial charge on any atom is -0.489 e. The van der Waals surface area contributed by atoms with Gasteiger partial charge >= 0.3 is 0 Å². The van der Waals surface area contributed by atoms with E-state index in [1.165, 1.54) is 19.0 Å². The molecule has 3 N–H and O–H groups in total. The van der Waals surface area contributed by atoms with Gasteiger partial charge in [-0.3, -0.25) is 0 Å². The van der Waals surface area contributed by atoms with Crippen LogP contribution in [0.1, 0.15) is 31.7 Å². The number of rotatable bonds is 6. The molecule has 1 aromatic heterocycles. The zero-order valence-corrected chi connectivity index (χ0v) is 12.5. The second-order valence-electron chi connectivity index (χ2n) is 4.69. The highest BCUT2D eigenvalue weighted by molar-refractivity contribution is 5.55. The zero-order valence-electron chi connectivity index (χ0n) is 12.5. The summed E-state index contributed by atoms with van der Waals surface area (Å²) in [4.78, 5) is 8.04. The number of benzene rings is 1. The fourth-order valence-corrected chi connectivity index (χ4v) is 1.93. The van der Waals surface area contributed by atoms with E-state index in [2.05, 4.69) is 41.4 Å². The molecule has 1 unspecified atom stereocenters. The van der Waals surface area contributed by atoms with E-state index in [1.54, 1.807) is 0 Å². The summed E-state index contributed by atoms with van der Waals surface area (Å²) in [5, 5.41) is 0. The second-order valence-corrected chi connectivity index (χ2v) is 4.69. The van der Waals surface area contributed by atoms with Crippen LogP contribution in [0.2, 0.25) is 0 Å². The molecule has 0 radical (unpaired) electrons. The number of nitrogens with two attached hydrogens (primary N) is 1. The summed E-state index contributed by atoms with van der Waals surface area (Å²) in [6, 6.07) is 7.94. The number of nitrogens with one attached hydrogen (secondary N) is 1. The smallest absolute Gasteiger partial charge is 0.268 e. The van der Waals surface area contributed by atoms with Crippen LogP contribution < -0.4 is 20.7 Å². The van der Waals surface area contributed by atoms with E-state index in [-0.39, 0.29) is 0 Å². The fraction of sp³-hybridized carbons (Fsp3) is 0.333. The third kappa shape index (κ3) is 3.41. The van der Waals surface area contributed by atoms with Gasteiger partial charge in [0.25, 0.3) is 5.88 Å². The third-order valence-electron chi connectivity index (χ3n) is 3.39. The Morgan fingerprint density at radius 3 is 2.52 bits per heavy atom. The number of hydrogen-bond donors (Lipinski definition) is 2. The van der Waals surface area contributed by atoms with Crippen molar-refractivity contribution in [3.8, 4) is 17.4 Å². The van der Waals surface area contributed by atoms with Gasteiger partial charge in [-0.2, -0.15) is 4.98 Å². The highest BCUT2D eigenvalue weighted by Crippen LogP contribution is 2.34. The molecule has 0 saturated heterocycles. The summed E-state index contributed by atoms with van der Waals surface area (Å²) in [5.41, 5.74) is 3.73. The molecule has 6 nitrogen and oxygen atoms in total. The van der Waals surface area contributed by atoms with Crippen molar-refractivity contribution in [1.82, 2.24) is 9.97 Å². The molecule has 2 aromatic rings. The maximum Gasteiger partial charge on any atom is 0.268 e. The van der Waals surface area contributed by atoms with Crippen molar-refractivity contribution in [3.05, 3.63) is 36.2 Å². The van der Waals surface area contributed by atoms with E-state index in [1.807, 2.05) is 12.1 Å². The number of hydrogen-bond acceptors (Lipinski definition) is 6. The van der Waals surface area contributed by atoms with E-state index in [9.17, 15) is 0 Å². The van der Waals surface area contributed by atoms with Crippen molar-refractivity contribution in [2.75, 3.05) is 12.5 Å². The average Bonchev–Trinajstić information content (AvgIpc) is 2.54. The number of aromatic nitrogens is 2. The normalized spacial score (nSPS) is 11.8. The molecule has 6 heteroatoms. The molecular weight excluding hydrogens is 268 g/mol. The van der Waals surface area contributed by atoms with Crippen molar-refractivity contribution in [2.45, 2.75) is 26.2 Å². The highest BCUT2D eigenvalue weighted by atomic mass is 16.5. The van der Waals surface area contributed by atoms with Crippen molar-refractivity contribution in [2.24, 2.45) is 5.84 Å². The maximum atomic E-state index is 5.74. The molecule has 0 fully saturated rings. The SMILES string of the molecule is CCC(C)c1ccc(Oc2ncnc(NN)c2OC)cc1. The highest BCUT2D eigenvalue weighted by Gasteiger charge is 2.13. The van der Waals surface area contributed by atoms with Crippen LogP contribution >= 0.6 is 0 Å². The maximum absolute atomic E-state index is 5.74. The van der Waals surface area contributed by atoms with Gasteiger partial charge in [-0.1, -0.05) is 26.0 Å². The first-order valence-corrected chi connectivity index (χ1v) is 6.83. The summed E-state index contributed by atoms with van der Waals surface area (Å²) in [7, 11) is 1.51. The molecule has 112 valence electrons. The Bertz CT molecular complexity index is 587. The number of anilines is 1. The predicted octanol–water partition coefficient (Wildman–Crippen LogP) is 3.08. The topological polar surface area (TPSA) is 82.3 Å². The number of hydrazine groups is 1. The molecule has 0 bridgehead atoms. The standard InChI is InChI=1S/C15H20N4O2/c1-4-10(2)11-5-7-12(8-6-11)21-15-13(20-3)14(19-16)17-9-18-15/h5-10H,4,16H2,1-3H3,(H,17,18,19). The Morgan fingerprint density at radius 2 is 1.95 bits per heavy atom. The van der Waals surface area contributed by atoms with Crippen LogP contribution in [0.5, 0.6) is 17.4 Å². The van der Waals surface area contributed by atoms with Gasteiger partial charge in [0, 0.05) is 0 Å². The van der Waals surface area contributed by atoms with Crippen molar-refractivity contribution in [1.29, 1.82) is 0 Å². The van der Waals surface area contributed by atoms with Gasteiger partial charge in [0.1, 0.15) is 12.1 Å². The van der Waals surface area contributed by atoms with E-state index >= 15 is 0 Å². The number of nitrogen functional groups attached to an aromatic ring is 1. The Hall–Kier alpha value is -2.34. The minimum absolute atomic E-state index is 0.316. The molecule has 21 heavy (non-hydrogen) atoms. The van der Waals surface area contributed by atoms with Gasteiger partial charge in [-0.05, 0) is 30.0 Å². The van der Waals surface area contributed by atoms with Gasteiger partial charge in [0.2, 0.25) is 5.75 Å². The molecule has 0 aliphatic carbocycles. The van der Waals surface area contributed by atoms with Crippen LogP contribution in [0.25, 0.3) is 0 Å². The van der Waals surface area contributed by atoms with Gasteiger partial charge in [-0.15, -0.1) is 0 Å². The first kappa shape index (κ1) is 15.1. The summed E-state index contributed by atoms with van der Waals surface area (Å²) in [6.07, 6.45) is 2.46. The van der Waals surface area contributed by atoms with Crippen LogP contribution in [-0.4, -0.2) is 17.1 Å². The quantitative estimate of drug-likeness (QED) is 0.628. The second kappa shape index (κ2) is 6.90. The lowest BCUT2D eigenvalue weighted by atomic mass is 9.99. The van der Waals surface area contributed by atoms with E-state index in [0.29, 0.717) is 29.1 Å². The van der Waals surface area contributed by atoms with Crippen molar-refractivity contribution >= 4 is 5.82 Å². The van der Waals surface area contributed by atoms with Gasteiger partial charge in [0.05, 0.1) is 7.11 Å². The van der Waals surface area contributed by atoms with Gasteiger partial charge < -0.3 is 14.9 Å². The molecule has 0 saturated carbocycles. The number of methoxy groups -OCH3 is 1. The molecule has 1 aromatic carbocycles. The predicted molar refractivity (Wildman–Crippen MR) is 81.6 cm³/mol. The summed E-state index contributed by atoms with van der Waals surface area (Å²) < 4.78 is 11.0. The average molecular weight is 288 g/mol. The van der Waals surface area contributed by atoms with Crippen LogP contribution in [0.15, 0.2) is 30.6 Å². The Morgan fingerprint density at radius 1 is 1.24 bits per heavy atom. The molecule has 1 heterocycles. The number of nitrogens with zero attached hydrogens (tertiary/aromatic N) is 2. The van der Waals surface area contributed by atoms with Crippen LogP contribution in [0.3, 0.4) is 0 Å². The lowest BCUT2D eigenvalue weighted by Gasteiger charge is -2.13. The molecule has 2 rings (SSSR count). The minimum atomic E-state index is 0.316. The van der Waals surface area contributed by atoms with E-state index in [0.717, 1.165) is 6.42 Å². The van der Waals surface area contributed by atoms with E-state index < -0.39 is 0 Å². The molecular formula is C15H20N4O2. The molecule has 1 atom stereocenters. The number of ether oxygens (including phenoxy) is 2. The van der Waals surface area contributed by atoms with Crippen LogP contribution in [0.4, 0.5) is 5.82 Å². The molecule has 0 aliphatic rings. The Kier molecular flexibility index (Phi) is 4.94. The summed E-state index contributed by atoms with van der Waals surface area (Å²) >= 11 is 0. The Labute approximate surface area is 124 Å².